The van der Waals surface area contributed by atoms with E-state index in [4.69, 9.17) is 28.0 Å². The molecule has 3 heterocycles. The first-order valence-electron chi connectivity index (χ1n) is 8.67. The zero-order valence-corrected chi connectivity index (χ0v) is 15.9. The van der Waals surface area contributed by atoms with Crippen LogP contribution in [-0.4, -0.2) is 21.7 Å². The standard InChI is InChI=1S/C21H13Cl2FN2O2/c22-14-3-1-4-15(23)17(14)19-18(12-6-8-13(24)9-7-12)21(28-25-19)11-26-10-2-5-16(26)20(21)27/h1-10,18H,11H2. The van der Waals surface area contributed by atoms with Crippen molar-refractivity contribution in [2.24, 2.45) is 5.16 Å². The smallest absolute Gasteiger partial charge is 0.231 e. The molecular formula is C21H13Cl2FN2O2. The van der Waals surface area contributed by atoms with Gasteiger partial charge in [-0.3, -0.25) is 4.79 Å². The van der Waals surface area contributed by atoms with Crippen LogP contribution in [-0.2, 0) is 11.4 Å². The van der Waals surface area contributed by atoms with Crippen molar-refractivity contribution in [3.63, 3.8) is 0 Å². The molecule has 2 unspecified atom stereocenters. The highest BCUT2D eigenvalue weighted by Gasteiger charge is 2.60. The molecular weight excluding hydrogens is 402 g/mol. The third-order valence-electron chi connectivity index (χ3n) is 5.32. The number of rotatable bonds is 2. The van der Waals surface area contributed by atoms with E-state index in [1.807, 2.05) is 16.8 Å². The fourth-order valence-electron chi connectivity index (χ4n) is 4.06. The van der Waals surface area contributed by atoms with Crippen molar-refractivity contribution in [1.82, 2.24) is 4.57 Å². The highest BCUT2D eigenvalue weighted by molar-refractivity contribution is 6.41. The summed E-state index contributed by atoms with van der Waals surface area (Å²) >= 11 is 12.8. The fourth-order valence-corrected chi connectivity index (χ4v) is 4.66. The first-order valence-corrected chi connectivity index (χ1v) is 9.43. The molecule has 2 aliphatic rings. The van der Waals surface area contributed by atoms with E-state index in [-0.39, 0.29) is 11.6 Å². The second-order valence-corrected chi connectivity index (χ2v) is 7.70. The first kappa shape index (κ1) is 17.5. The molecule has 0 aliphatic carbocycles. The number of ketones is 1. The number of aromatic nitrogens is 1. The van der Waals surface area contributed by atoms with Crippen molar-refractivity contribution in [1.29, 1.82) is 0 Å². The zero-order chi connectivity index (χ0) is 19.5. The summed E-state index contributed by atoms with van der Waals surface area (Å²) in [7, 11) is 0. The molecule has 0 amide bonds. The Kier molecular flexibility index (Phi) is 3.86. The Labute approximate surface area is 170 Å². The maximum absolute atomic E-state index is 13.6. The SMILES string of the molecule is O=C1c2cccn2CC12ON=C(c1c(Cl)cccc1Cl)C2c1ccc(F)cc1. The molecule has 140 valence electrons. The van der Waals surface area contributed by atoms with Crippen LogP contribution in [0.15, 0.2) is 65.9 Å². The summed E-state index contributed by atoms with van der Waals surface area (Å²) in [5, 5.41) is 5.09. The highest BCUT2D eigenvalue weighted by atomic mass is 35.5. The van der Waals surface area contributed by atoms with Gasteiger partial charge in [0.25, 0.3) is 0 Å². The van der Waals surface area contributed by atoms with Crippen molar-refractivity contribution < 1.29 is 14.0 Å². The van der Waals surface area contributed by atoms with Gasteiger partial charge in [-0.2, -0.15) is 0 Å². The van der Waals surface area contributed by atoms with Crippen LogP contribution >= 0.6 is 23.2 Å². The van der Waals surface area contributed by atoms with Gasteiger partial charge in [-0.05, 0) is 42.0 Å². The molecule has 3 aromatic rings. The summed E-state index contributed by atoms with van der Waals surface area (Å²) in [5.41, 5.74) is 0.969. The van der Waals surface area contributed by atoms with Gasteiger partial charge in [0.15, 0.2) is 0 Å². The van der Waals surface area contributed by atoms with Gasteiger partial charge in [-0.15, -0.1) is 0 Å². The van der Waals surface area contributed by atoms with Gasteiger partial charge in [0, 0.05) is 11.8 Å². The number of benzene rings is 2. The lowest BCUT2D eigenvalue weighted by Gasteiger charge is -2.28. The molecule has 0 saturated carbocycles. The van der Waals surface area contributed by atoms with Crippen molar-refractivity contribution in [2.45, 2.75) is 18.1 Å². The Morgan fingerprint density at radius 3 is 2.46 bits per heavy atom. The molecule has 0 bridgehead atoms. The van der Waals surface area contributed by atoms with Crippen molar-refractivity contribution in [2.75, 3.05) is 0 Å². The summed E-state index contributed by atoms with van der Waals surface area (Å²) in [6, 6.07) is 14.7. The summed E-state index contributed by atoms with van der Waals surface area (Å²) in [4.78, 5) is 19.2. The molecule has 0 saturated heterocycles. The quantitative estimate of drug-likeness (QED) is 0.586. The summed E-state index contributed by atoms with van der Waals surface area (Å²) < 4.78 is 15.4. The van der Waals surface area contributed by atoms with Gasteiger partial charge < -0.3 is 9.40 Å². The predicted molar refractivity (Wildman–Crippen MR) is 105 cm³/mol. The van der Waals surface area contributed by atoms with Gasteiger partial charge in [-0.25, -0.2) is 4.39 Å². The van der Waals surface area contributed by atoms with Crippen LogP contribution in [0.3, 0.4) is 0 Å². The molecule has 2 aliphatic heterocycles. The van der Waals surface area contributed by atoms with Crippen molar-refractivity contribution >= 4 is 34.7 Å². The number of halogens is 3. The van der Waals surface area contributed by atoms with E-state index in [1.54, 1.807) is 36.4 Å². The van der Waals surface area contributed by atoms with Crippen molar-refractivity contribution in [3.8, 4) is 0 Å². The van der Waals surface area contributed by atoms with Crippen LogP contribution in [0, 0.1) is 5.82 Å². The number of Topliss-reactive ketones (excluding diaryl/α,β-unsaturated/α-hetero) is 1. The Morgan fingerprint density at radius 2 is 1.79 bits per heavy atom. The summed E-state index contributed by atoms with van der Waals surface area (Å²) in [5.74, 6) is -1.12. The Morgan fingerprint density at radius 1 is 1.07 bits per heavy atom. The highest BCUT2D eigenvalue weighted by Crippen LogP contribution is 2.48. The van der Waals surface area contributed by atoms with E-state index < -0.39 is 11.5 Å². The Bertz CT molecular complexity index is 1120. The maximum atomic E-state index is 13.6. The van der Waals surface area contributed by atoms with Crippen LogP contribution < -0.4 is 0 Å². The molecule has 1 spiro atoms. The normalized spacial score (nSPS) is 23.0. The van der Waals surface area contributed by atoms with Crippen molar-refractivity contribution in [3.05, 3.63) is 93.5 Å². The average molecular weight is 415 g/mol. The Hall–Kier alpha value is -2.63. The Balaban J connectivity index is 1.70. The van der Waals surface area contributed by atoms with Crippen LogP contribution in [0.5, 0.6) is 0 Å². The van der Waals surface area contributed by atoms with E-state index in [9.17, 15) is 9.18 Å². The van der Waals surface area contributed by atoms with Gasteiger partial charge in [0.05, 0.1) is 28.2 Å². The number of oxime groups is 1. The number of fused-ring (bicyclic) bond motifs is 1. The van der Waals surface area contributed by atoms with Gasteiger partial charge in [0.2, 0.25) is 11.4 Å². The first-order chi connectivity index (χ1) is 13.5. The number of hydrogen-bond donors (Lipinski definition) is 0. The van der Waals surface area contributed by atoms with Gasteiger partial charge in [-0.1, -0.05) is 46.6 Å². The van der Waals surface area contributed by atoms with E-state index in [2.05, 4.69) is 5.16 Å². The molecule has 0 N–H and O–H groups in total. The lowest BCUT2D eigenvalue weighted by Crippen LogP contribution is -2.44. The lowest BCUT2D eigenvalue weighted by molar-refractivity contribution is -0.0130. The van der Waals surface area contributed by atoms with E-state index in [1.165, 1.54) is 12.1 Å². The third-order valence-corrected chi connectivity index (χ3v) is 5.95. The lowest BCUT2D eigenvalue weighted by atomic mass is 9.75. The van der Waals surface area contributed by atoms with E-state index >= 15 is 0 Å². The van der Waals surface area contributed by atoms with Crippen LogP contribution in [0.4, 0.5) is 4.39 Å². The summed E-state index contributed by atoms with van der Waals surface area (Å²) in [6.45, 7) is 0.297. The molecule has 5 rings (SSSR count). The summed E-state index contributed by atoms with van der Waals surface area (Å²) in [6.07, 6.45) is 1.83. The number of nitrogens with zero attached hydrogens (tertiary/aromatic N) is 2. The van der Waals surface area contributed by atoms with E-state index in [0.29, 0.717) is 39.1 Å². The molecule has 0 radical (unpaired) electrons. The van der Waals surface area contributed by atoms with E-state index in [0.717, 1.165) is 0 Å². The second-order valence-electron chi connectivity index (χ2n) is 6.89. The molecule has 7 heteroatoms. The minimum atomic E-state index is -1.26. The molecule has 1 aromatic heterocycles. The number of hydrogen-bond acceptors (Lipinski definition) is 3. The average Bonchev–Trinajstić information content (AvgIpc) is 3.34. The number of carbonyl (C=O) groups is 1. The molecule has 2 atom stereocenters. The van der Waals surface area contributed by atoms with Crippen LogP contribution in [0.2, 0.25) is 10.0 Å². The third kappa shape index (κ3) is 2.36. The van der Waals surface area contributed by atoms with Gasteiger partial charge >= 0.3 is 0 Å². The monoisotopic (exact) mass is 414 g/mol. The molecule has 2 aromatic carbocycles. The fraction of sp³-hybridized carbons (Fsp3) is 0.143. The molecule has 28 heavy (non-hydrogen) atoms. The molecule has 4 nitrogen and oxygen atoms in total. The van der Waals surface area contributed by atoms with Gasteiger partial charge in [0.1, 0.15) is 11.5 Å². The minimum Gasteiger partial charge on any atom is -0.377 e. The zero-order valence-electron chi connectivity index (χ0n) is 14.4. The largest absolute Gasteiger partial charge is 0.377 e. The minimum absolute atomic E-state index is 0.172. The molecule has 0 fully saturated rings. The van der Waals surface area contributed by atoms with Crippen LogP contribution in [0.1, 0.15) is 27.5 Å². The number of carbonyl (C=O) groups excluding carboxylic acids is 1. The topological polar surface area (TPSA) is 43.6 Å². The maximum Gasteiger partial charge on any atom is 0.231 e. The predicted octanol–water partition coefficient (Wildman–Crippen LogP) is 5.09. The second kappa shape index (κ2) is 6.19. The van der Waals surface area contributed by atoms with Crippen LogP contribution in [0.25, 0.3) is 0 Å².